The van der Waals surface area contributed by atoms with Gasteiger partial charge >= 0.3 is 31.1 Å². The van der Waals surface area contributed by atoms with Gasteiger partial charge in [0.15, 0.2) is 0 Å². The summed E-state index contributed by atoms with van der Waals surface area (Å²) in [5, 5.41) is 0. The summed E-state index contributed by atoms with van der Waals surface area (Å²) in [6, 6.07) is 0. The van der Waals surface area contributed by atoms with Crippen molar-refractivity contribution in [3.05, 3.63) is 13.8 Å². The van der Waals surface area contributed by atoms with Crippen molar-refractivity contribution in [1.82, 2.24) is 0 Å². The summed E-state index contributed by atoms with van der Waals surface area (Å²) >= 11 is 0. The van der Waals surface area contributed by atoms with Crippen LogP contribution in [0.1, 0.15) is 0 Å². The SMILES string of the molecule is C=[N+](C[CH2-])C[CH2-].[U+2]. The molecule has 0 radical (unpaired) electrons. The molecule has 0 saturated carbocycles. The van der Waals surface area contributed by atoms with Crippen LogP contribution in [0.15, 0.2) is 0 Å². The molecule has 0 saturated heterocycles. The number of rotatable bonds is 2. The predicted octanol–water partition coefficient (Wildman–Crippen LogP) is 0.368. The third-order valence-electron chi connectivity index (χ3n) is 0.632. The molecule has 0 atom stereocenters. The summed E-state index contributed by atoms with van der Waals surface area (Å²) in [6.07, 6.45) is 0. The molecule has 7 heavy (non-hydrogen) atoms. The van der Waals surface area contributed by atoms with E-state index < -0.39 is 0 Å². The van der Waals surface area contributed by atoms with Gasteiger partial charge in [0.1, 0.15) is 6.72 Å². The van der Waals surface area contributed by atoms with Crippen LogP contribution in [0.5, 0.6) is 0 Å². The van der Waals surface area contributed by atoms with E-state index in [2.05, 4.69) is 20.6 Å². The van der Waals surface area contributed by atoms with Crippen LogP contribution in [-0.2, 0) is 0 Å². The summed E-state index contributed by atoms with van der Waals surface area (Å²) in [7, 11) is 0. The third-order valence-corrected chi connectivity index (χ3v) is 0.632. The van der Waals surface area contributed by atoms with Gasteiger partial charge in [0.25, 0.3) is 0 Å². The Labute approximate surface area is 69.2 Å². The molecule has 0 aromatic carbocycles. The van der Waals surface area contributed by atoms with E-state index in [0.717, 1.165) is 13.1 Å². The van der Waals surface area contributed by atoms with Crippen molar-refractivity contribution in [2.45, 2.75) is 0 Å². The Bertz CT molecular complexity index is 46.0. The molecule has 0 aliphatic heterocycles. The quantitative estimate of drug-likeness (QED) is 0.393. The Morgan fingerprint density at radius 1 is 1.29 bits per heavy atom. The average Bonchev–Trinajstić information content (AvgIpc) is 1.65. The molecule has 0 aliphatic rings. The van der Waals surface area contributed by atoms with Crippen molar-refractivity contribution in [3.8, 4) is 0 Å². The summed E-state index contributed by atoms with van der Waals surface area (Å²) in [4.78, 5) is 0. The Morgan fingerprint density at radius 2 is 1.57 bits per heavy atom. The zero-order valence-corrected chi connectivity index (χ0v) is 8.65. The van der Waals surface area contributed by atoms with Crippen molar-refractivity contribution in [3.63, 3.8) is 0 Å². The van der Waals surface area contributed by atoms with Gasteiger partial charge in [-0.15, -0.1) is 0 Å². The van der Waals surface area contributed by atoms with Crippen molar-refractivity contribution in [2.75, 3.05) is 13.1 Å². The molecule has 0 aromatic heterocycles. The van der Waals surface area contributed by atoms with E-state index in [1.165, 1.54) is 0 Å². The maximum atomic E-state index is 3.58. The second kappa shape index (κ2) is 6.72. The van der Waals surface area contributed by atoms with Crippen molar-refractivity contribution >= 4 is 6.72 Å². The first kappa shape index (κ1) is 10.7. The molecule has 1 nitrogen and oxygen atoms in total. The van der Waals surface area contributed by atoms with Gasteiger partial charge in [0.05, 0.1) is 0 Å². The number of nitrogens with zero attached hydrogens (tertiary/aromatic N) is 1. The summed E-state index contributed by atoms with van der Waals surface area (Å²) in [5.41, 5.74) is 0. The maximum absolute atomic E-state index is 3.58. The van der Waals surface area contributed by atoms with Crippen LogP contribution in [0, 0.1) is 45.0 Å². The molecule has 0 aliphatic carbocycles. The van der Waals surface area contributed by atoms with Crippen LogP contribution in [-0.4, -0.2) is 24.4 Å². The van der Waals surface area contributed by atoms with E-state index in [1.807, 2.05) is 0 Å². The van der Waals surface area contributed by atoms with Gasteiger partial charge in [-0.25, -0.2) is 0 Å². The second-order valence-electron chi connectivity index (χ2n) is 1.12. The van der Waals surface area contributed by atoms with Gasteiger partial charge in [0, 0.05) is 13.1 Å². The fourth-order valence-corrected chi connectivity index (χ4v) is 0.112. The molecular weight excluding hydrogens is 312 g/mol. The maximum Gasteiger partial charge on any atom is 2.00 e. The fraction of sp³-hybridized carbons (Fsp3) is 0.400. The smallest absolute Gasteiger partial charge is 0.298 e. The van der Waals surface area contributed by atoms with E-state index in [1.54, 1.807) is 4.58 Å². The molecule has 2 heteroatoms. The molecule has 38 valence electrons. The Morgan fingerprint density at radius 3 is 1.57 bits per heavy atom. The van der Waals surface area contributed by atoms with Gasteiger partial charge < -0.3 is 0 Å². The first-order valence-electron chi connectivity index (χ1n) is 1.95. The van der Waals surface area contributed by atoms with Crippen molar-refractivity contribution in [2.24, 2.45) is 0 Å². The van der Waals surface area contributed by atoms with E-state index >= 15 is 0 Å². The zero-order chi connectivity index (χ0) is 4.99. The minimum Gasteiger partial charge on any atom is -0.298 e. The fourth-order valence-electron chi connectivity index (χ4n) is 0.112. The molecule has 0 aromatic rings. The largest absolute Gasteiger partial charge is 2.00 e. The topological polar surface area (TPSA) is 3.01 Å². The van der Waals surface area contributed by atoms with Gasteiger partial charge in [-0.3, -0.25) is 18.4 Å². The zero-order valence-electron chi connectivity index (χ0n) is 4.48. The first-order valence-corrected chi connectivity index (χ1v) is 1.95. The Balaban J connectivity index is 0. The van der Waals surface area contributed by atoms with Crippen LogP contribution in [0.2, 0.25) is 0 Å². The number of hydrogen-bond acceptors (Lipinski definition) is 0. The van der Waals surface area contributed by atoms with Crippen LogP contribution in [0.4, 0.5) is 0 Å². The van der Waals surface area contributed by atoms with E-state index in [-0.39, 0.29) is 31.1 Å². The van der Waals surface area contributed by atoms with Gasteiger partial charge in [-0.2, -0.15) is 0 Å². The minimum atomic E-state index is 0. The van der Waals surface area contributed by atoms with Gasteiger partial charge in [-0.1, -0.05) is 0 Å². The average molecular weight is 322 g/mol. The molecule has 0 amide bonds. The van der Waals surface area contributed by atoms with E-state index in [9.17, 15) is 0 Å². The molecule has 0 bridgehead atoms. The molecule has 0 N–H and O–H groups in total. The van der Waals surface area contributed by atoms with Crippen molar-refractivity contribution in [1.29, 1.82) is 0 Å². The standard InChI is InChI=1S/C5H10N.U/c1-4-6(3)5-2;/h1-5H2;/q-1;+2. The molecule has 0 rings (SSSR count). The molecule has 0 fully saturated rings. The number of hydrogen-bond donors (Lipinski definition) is 0. The molecular formula is C5H10NU+. The second-order valence-corrected chi connectivity index (χ2v) is 1.12. The minimum absolute atomic E-state index is 0. The van der Waals surface area contributed by atoms with Gasteiger partial charge in [0.2, 0.25) is 0 Å². The van der Waals surface area contributed by atoms with Crippen LogP contribution >= 0.6 is 0 Å². The van der Waals surface area contributed by atoms with Gasteiger partial charge in [-0.05, 0) is 0 Å². The molecule has 0 unspecified atom stereocenters. The van der Waals surface area contributed by atoms with Crippen molar-refractivity contribution < 1.29 is 35.7 Å². The summed E-state index contributed by atoms with van der Waals surface area (Å²) < 4.78 is 1.78. The monoisotopic (exact) mass is 322 g/mol. The summed E-state index contributed by atoms with van der Waals surface area (Å²) in [6.45, 7) is 12.2. The molecule has 0 spiro atoms. The predicted molar refractivity (Wildman–Crippen MR) is 27.8 cm³/mol. The first-order chi connectivity index (χ1) is 2.81. The van der Waals surface area contributed by atoms with E-state index in [4.69, 9.17) is 0 Å². The third kappa shape index (κ3) is 6.72. The molecule has 0 heterocycles. The normalized spacial score (nSPS) is 7.14. The van der Waals surface area contributed by atoms with Crippen LogP contribution in [0.25, 0.3) is 0 Å². The van der Waals surface area contributed by atoms with E-state index in [0.29, 0.717) is 0 Å². The Hall–Kier alpha value is 0.722. The summed E-state index contributed by atoms with van der Waals surface area (Å²) in [5.74, 6) is 0. The van der Waals surface area contributed by atoms with Crippen LogP contribution < -0.4 is 0 Å². The Kier molecular flexibility index (Phi) is 10.2. The van der Waals surface area contributed by atoms with Crippen LogP contribution in [0.3, 0.4) is 0 Å².